The summed E-state index contributed by atoms with van der Waals surface area (Å²) in [6.07, 6.45) is -1.68. The lowest BCUT2D eigenvalue weighted by atomic mass is 9.94. The quantitative estimate of drug-likeness (QED) is 0.750. The van der Waals surface area contributed by atoms with Gasteiger partial charge in [0, 0.05) is 17.3 Å². The highest BCUT2D eigenvalue weighted by Gasteiger charge is 2.54. The monoisotopic (exact) mass is 390 g/mol. The molecule has 10 heteroatoms. The minimum Gasteiger partial charge on any atom is -0.388 e. The zero-order valence-electron chi connectivity index (χ0n) is 13.7. The van der Waals surface area contributed by atoms with E-state index in [1.807, 2.05) is 0 Å². The molecule has 1 saturated heterocycles. The van der Waals surface area contributed by atoms with E-state index >= 15 is 0 Å². The highest BCUT2D eigenvalue weighted by atomic mass is 35.5. The van der Waals surface area contributed by atoms with Gasteiger partial charge in [-0.3, -0.25) is 0 Å². The third kappa shape index (κ3) is 3.45. The molecule has 2 heterocycles. The maximum absolute atomic E-state index is 13.3. The number of rotatable bonds is 3. The van der Waals surface area contributed by atoms with Crippen LogP contribution in [0.4, 0.5) is 18.9 Å². The van der Waals surface area contributed by atoms with Crippen molar-refractivity contribution in [2.75, 3.05) is 18.4 Å². The Morgan fingerprint density at radius 1 is 1.27 bits per heavy atom. The summed E-state index contributed by atoms with van der Waals surface area (Å²) in [5.74, 6) is -0.783. The molecular weight excluding hydrogens is 373 g/mol. The van der Waals surface area contributed by atoms with Gasteiger partial charge in [0.05, 0.1) is 5.56 Å². The number of aromatic nitrogens is 2. The number of nitrogens with zero attached hydrogens (tertiary/aromatic N) is 1. The van der Waals surface area contributed by atoms with Crippen molar-refractivity contribution in [1.82, 2.24) is 15.5 Å². The summed E-state index contributed by atoms with van der Waals surface area (Å²) in [4.78, 5) is 11.1. The number of hydrogen-bond donors (Lipinski definition) is 3. The Kier molecular flexibility index (Phi) is 4.78. The fourth-order valence-electron chi connectivity index (χ4n) is 3.61. The zero-order valence-corrected chi connectivity index (χ0v) is 14.5. The Balaban J connectivity index is 0.00000196. The lowest BCUT2D eigenvalue weighted by molar-refractivity contribution is -0.136. The number of nitrogens with one attached hydrogen (secondary N) is 3. The van der Waals surface area contributed by atoms with Crippen LogP contribution < -0.4 is 16.4 Å². The molecule has 0 radical (unpaired) electrons. The highest BCUT2D eigenvalue weighted by Crippen LogP contribution is 2.54. The Morgan fingerprint density at radius 3 is 2.62 bits per heavy atom. The molecule has 142 valence electrons. The lowest BCUT2D eigenvalue weighted by Crippen LogP contribution is -2.32. The summed E-state index contributed by atoms with van der Waals surface area (Å²) < 4.78 is 44.9. The average molecular weight is 391 g/mol. The molecule has 6 nitrogen and oxygen atoms in total. The van der Waals surface area contributed by atoms with Crippen molar-refractivity contribution in [1.29, 1.82) is 0 Å². The first-order chi connectivity index (χ1) is 11.9. The van der Waals surface area contributed by atoms with E-state index in [0.29, 0.717) is 5.56 Å². The fraction of sp³-hybridized carbons (Fsp3) is 0.500. The standard InChI is InChI=1S/C16H17F3N4O2.ClH/c17-16(18,19)10-2-1-9(13-22-23-14(24)25-13)7-11(10)21-12-8-15(12)3-5-20-6-4-15;/h1-2,7,12,20-21H,3-6,8H2,(H,23,24);1H. The Hall–Kier alpha value is -2.00. The van der Waals surface area contributed by atoms with Crippen LogP contribution in [-0.4, -0.2) is 29.3 Å². The molecule has 2 aromatic rings. The molecule has 2 fully saturated rings. The topological polar surface area (TPSA) is 83.0 Å². The van der Waals surface area contributed by atoms with Gasteiger partial charge in [0.15, 0.2) is 0 Å². The van der Waals surface area contributed by atoms with E-state index in [2.05, 4.69) is 20.8 Å². The van der Waals surface area contributed by atoms with E-state index in [1.54, 1.807) is 0 Å². The molecule has 1 unspecified atom stereocenters. The van der Waals surface area contributed by atoms with Gasteiger partial charge in [0.25, 0.3) is 0 Å². The number of alkyl halides is 3. The molecule has 1 aromatic carbocycles. The van der Waals surface area contributed by atoms with Gasteiger partial charge >= 0.3 is 11.9 Å². The normalized spacial score (nSPS) is 21.3. The summed E-state index contributed by atoms with van der Waals surface area (Å²) in [6, 6.07) is 3.61. The average Bonchev–Trinajstić information content (AvgIpc) is 3.01. The van der Waals surface area contributed by atoms with E-state index in [9.17, 15) is 18.0 Å². The van der Waals surface area contributed by atoms with Gasteiger partial charge in [-0.05, 0) is 56.0 Å². The van der Waals surface area contributed by atoms with Crippen molar-refractivity contribution < 1.29 is 17.6 Å². The number of anilines is 1. The van der Waals surface area contributed by atoms with Crippen molar-refractivity contribution in [3.8, 4) is 11.5 Å². The van der Waals surface area contributed by atoms with Crippen molar-refractivity contribution in [2.45, 2.75) is 31.5 Å². The second-order valence-electron chi connectivity index (χ2n) is 6.69. The van der Waals surface area contributed by atoms with E-state index in [1.165, 1.54) is 12.1 Å². The Labute approximate surface area is 153 Å². The smallest absolute Gasteiger partial charge is 0.388 e. The summed E-state index contributed by atoms with van der Waals surface area (Å²) in [5, 5.41) is 12.1. The molecule has 1 saturated carbocycles. The number of halogens is 4. The van der Waals surface area contributed by atoms with Gasteiger partial charge in [-0.15, -0.1) is 17.5 Å². The second-order valence-corrected chi connectivity index (χ2v) is 6.69. The van der Waals surface area contributed by atoms with Crippen LogP contribution in [0.1, 0.15) is 24.8 Å². The van der Waals surface area contributed by atoms with E-state index in [0.717, 1.165) is 38.4 Å². The SMILES string of the molecule is Cl.O=c1[nH]nc(-c2ccc(C(F)(F)F)c(NC3CC34CCNCC4)c2)o1. The lowest BCUT2D eigenvalue weighted by Gasteiger charge is -2.24. The van der Waals surface area contributed by atoms with Gasteiger partial charge in [-0.1, -0.05) is 0 Å². The molecular formula is C16H18ClF3N4O2. The molecule has 1 spiro atoms. The van der Waals surface area contributed by atoms with Crippen molar-refractivity contribution in [2.24, 2.45) is 5.41 Å². The van der Waals surface area contributed by atoms with Gasteiger partial charge < -0.3 is 15.1 Å². The summed E-state index contributed by atoms with van der Waals surface area (Å²) in [5.41, 5.74) is -0.335. The first kappa shape index (κ1) is 18.8. The largest absolute Gasteiger partial charge is 0.434 e. The number of hydrogen-bond acceptors (Lipinski definition) is 5. The highest BCUT2D eigenvalue weighted by molar-refractivity contribution is 5.85. The number of H-pyrrole nitrogens is 1. The van der Waals surface area contributed by atoms with E-state index in [-0.39, 0.29) is 35.4 Å². The van der Waals surface area contributed by atoms with Crippen molar-refractivity contribution in [3.05, 3.63) is 34.3 Å². The molecule has 1 aliphatic heterocycles. The minimum absolute atomic E-state index is 0. The first-order valence-electron chi connectivity index (χ1n) is 8.12. The predicted octanol–water partition coefficient (Wildman–Crippen LogP) is 3.02. The minimum atomic E-state index is -4.47. The Morgan fingerprint density at radius 2 is 2.00 bits per heavy atom. The molecule has 2 aliphatic rings. The molecule has 0 amide bonds. The van der Waals surface area contributed by atoms with Gasteiger partial charge in [0.2, 0.25) is 5.89 Å². The third-order valence-corrected chi connectivity index (χ3v) is 5.13. The molecule has 3 N–H and O–H groups in total. The zero-order chi connectivity index (χ0) is 17.7. The maximum Gasteiger partial charge on any atom is 0.434 e. The molecule has 1 aliphatic carbocycles. The van der Waals surface area contributed by atoms with Crippen LogP contribution in [0.15, 0.2) is 27.4 Å². The van der Waals surface area contributed by atoms with Gasteiger partial charge in [-0.25, -0.2) is 9.89 Å². The van der Waals surface area contributed by atoms with Gasteiger partial charge in [0.1, 0.15) is 0 Å². The molecule has 1 aromatic heterocycles. The first-order valence-corrected chi connectivity index (χ1v) is 8.12. The maximum atomic E-state index is 13.3. The van der Waals surface area contributed by atoms with Crippen LogP contribution in [0.25, 0.3) is 11.5 Å². The predicted molar refractivity (Wildman–Crippen MR) is 91.4 cm³/mol. The molecule has 1 atom stereocenters. The number of benzene rings is 1. The molecule has 0 bridgehead atoms. The van der Waals surface area contributed by atoms with E-state index in [4.69, 9.17) is 4.42 Å². The third-order valence-electron chi connectivity index (χ3n) is 5.13. The fourth-order valence-corrected chi connectivity index (χ4v) is 3.61. The van der Waals surface area contributed by atoms with Crippen LogP contribution in [0.2, 0.25) is 0 Å². The van der Waals surface area contributed by atoms with Crippen LogP contribution >= 0.6 is 12.4 Å². The number of aromatic amines is 1. The molecule has 4 rings (SSSR count). The second kappa shape index (κ2) is 6.62. The van der Waals surface area contributed by atoms with E-state index < -0.39 is 17.5 Å². The summed E-state index contributed by atoms with van der Waals surface area (Å²) in [6.45, 7) is 1.78. The summed E-state index contributed by atoms with van der Waals surface area (Å²) in [7, 11) is 0. The van der Waals surface area contributed by atoms with Crippen molar-refractivity contribution >= 4 is 18.1 Å². The molecule has 26 heavy (non-hydrogen) atoms. The van der Waals surface area contributed by atoms with Crippen LogP contribution in [-0.2, 0) is 6.18 Å². The van der Waals surface area contributed by atoms with Crippen LogP contribution in [0.5, 0.6) is 0 Å². The van der Waals surface area contributed by atoms with Crippen LogP contribution in [0, 0.1) is 5.41 Å². The van der Waals surface area contributed by atoms with Crippen molar-refractivity contribution in [3.63, 3.8) is 0 Å². The Bertz CT molecular complexity index is 843. The van der Waals surface area contributed by atoms with Crippen LogP contribution in [0.3, 0.4) is 0 Å². The summed E-state index contributed by atoms with van der Waals surface area (Å²) >= 11 is 0. The number of piperidine rings is 1. The van der Waals surface area contributed by atoms with Gasteiger partial charge in [-0.2, -0.15) is 13.2 Å².